The molecule has 0 unspecified atom stereocenters. The summed E-state index contributed by atoms with van der Waals surface area (Å²) in [7, 11) is 2.04. The van der Waals surface area contributed by atoms with Crippen molar-refractivity contribution in [1.29, 1.82) is 0 Å². The van der Waals surface area contributed by atoms with Gasteiger partial charge in [0.2, 0.25) is 0 Å². The number of halogens is 1. The molecule has 0 fully saturated rings. The molecule has 5 nitrogen and oxygen atoms in total. The van der Waals surface area contributed by atoms with E-state index in [2.05, 4.69) is 9.88 Å². The molecule has 0 radical (unpaired) electrons. The summed E-state index contributed by atoms with van der Waals surface area (Å²) >= 11 is 7.67. The Morgan fingerprint density at radius 2 is 1.96 bits per heavy atom. The Kier molecular flexibility index (Phi) is 5.48. The third kappa shape index (κ3) is 4.18. The van der Waals surface area contributed by atoms with E-state index in [4.69, 9.17) is 27.1 Å². The van der Waals surface area contributed by atoms with Crippen LogP contribution in [0.3, 0.4) is 0 Å². The van der Waals surface area contributed by atoms with E-state index in [1.54, 1.807) is 11.3 Å². The van der Waals surface area contributed by atoms with Crippen LogP contribution in [0.1, 0.15) is 29.1 Å². The van der Waals surface area contributed by atoms with E-state index in [0.717, 1.165) is 41.2 Å². The normalized spacial score (nSPS) is 13.9. The zero-order chi connectivity index (χ0) is 18.8. The molecular formula is C20H23ClN4OS. The molecule has 2 aromatic heterocycles. The first-order chi connectivity index (χ1) is 13.1. The van der Waals surface area contributed by atoms with Crippen LogP contribution in [-0.2, 0) is 19.4 Å². The second-order valence-corrected chi connectivity index (χ2v) is 8.48. The number of nitrogen functional groups attached to an aromatic ring is 1. The SMILES string of the molecule is CN(CCOc1ccc(Cl)cc1)Cc1nc(N)c2c3c(sc2n1)CCCC3. The highest BCUT2D eigenvalue weighted by molar-refractivity contribution is 7.19. The number of rotatable bonds is 6. The number of fused-ring (bicyclic) bond motifs is 3. The maximum Gasteiger partial charge on any atom is 0.146 e. The van der Waals surface area contributed by atoms with Gasteiger partial charge in [0.25, 0.3) is 0 Å². The Morgan fingerprint density at radius 3 is 2.78 bits per heavy atom. The van der Waals surface area contributed by atoms with Crippen molar-refractivity contribution >= 4 is 39.0 Å². The van der Waals surface area contributed by atoms with E-state index in [9.17, 15) is 0 Å². The van der Waals surface area contributed by atoms with Crippen molar-refractivity contribution in [3.63, 3.8) is 0 Å². The summed E-state index contributed by atoms with van der Waals surface area (Å²) in [6, 6.07) is 7.40. The first-order valence-electron chi connectivity index (χ1n) is 9.23. The van der Waals surface area contributed by atoms with Gasteiger partial charge >= 0.3 is 0 Å². The van der Waals surface area contributed by atoms with Crippen LogP contribution in [0.25, 0.3) is 10.2 Å². The standard InChI is InChI=1S/C20H23ClN4OS/c1-25(10-11-26-14-8-6-13(21)7-9-14)12-17-23-19(22)18-15-4-2-3-5-16(15)27-20(18)24-17/h6-9H,2-5,10-12H2,1H3,(H2,22,23,24). The molecule has 142 valence electrons. The quantitative estimate of drug-likeness (QED) is 0.665. The number of likely N-dealkylation sites (N-methyl/N-ethyl adjacent to an activating group) is 1. The summed E-state index contributed by atoms with van der Waals surface area (Å²) in [6.45, 7) is 2.00. The molecule has 1 aromatic carbocycles. The van der Waals surface area contributed by atoms with Gasteiger partial charge in [-0.25, -0.2) is 9.97 Å². The highest BCUT2D eigenvalue weighted by Crippen LogP contribution is 2.37. The van der Waals surface area contributed by atoms with E-state index < -0.39 is 0 Å². The van der Waals surface area contributed by atoms with Crippen molar-refractivity contribution < 1.29 is 4.74 Å². The van der Waals surface area contributed by atoms with Crippen LogP contribution < -0.4 is 10.5 Å². The molecule has 2 heterocycles. The molecule has 0 saturated heterocycles. The maximum atomic E-state index is 6.29. The summed E-state index contributed by atoms with van der Waals surface area (Å²) in [6.07, 6.45) is 4.74. The molecule has 0 saturated carbocycles. The predicted octanol–water partition coefficient (Wildman–Crippen LogP) is 4.32. The largest absolute Gasteiger partial charge is 0.492 e. The van der Waals surface area contributed by atoms with Crippen molar-refractivity contribution in [1.82, 2.24) is 14.9 Å². The summed E-state index contributed by atoms with van der Waals surface area (Å²) < 4.78 is 5.75. The number of benzene rings is 1. The molecule has 2 N–H and O–H groups in total. The fraction of sp³-hybridized carbons (Fsp3) is 0.400. The van der Waals surface area contributed by atoms with Gasteiger partial charge in [0.15, 0.2) is 0 Å². The molecule has 4 rings (SSSR count). The Bertz CT molecular complexity index is 941. The molecule has 7 heteroatoms. The molecule has 0 spiro atoms. The van der Waals surface area contributed by atoms with Crippen LogP contribution in [0.2, 0.25) is 5.02 Å². The minimum Gasteiger partial charge on any atom is -0.492 e. The second-order valence-electron chi connectivity index (χ2n) is 6.96. The third-order valence-corrected chi connectivity index (χ3v) is 6.29. The number of hydrogen-bond donors (Lipinski definition) is 1. The Balaban J connectivity index is 1.39. The molecule has 0 aliphatic heterocycles. The average molecular weight is 403 g/mol. The van der Waals surface area contributed by atoms with Gasteiger partial charge < -0.3 is 10.5 Å². The number of aryl methyl sites for hydroxylation is 2. The highest BCUT2D eigenvalue weighted by atomic mass is 35.5. The zero-order valence-corrected chi connectivity index (χ0v) is 16.9. The van der Waals surface area contributed by atoms with Crippen LogP contribution in [-0.4, -0.2) is 35.1 Å². The summed E-state index contributed by atoms with van der Waals surface area (Å²) in [4.78, 5) is 14.0. The topological polar surface area (TPSA) is 64.3 Å². The molecule has 0 atom stereocenters. The fourth-order valence-corrected chi connectivity index (χ4v) is 4.89. The number of aromatic nitrogens is 2. The van der Waals surface area contributed by atoms with Crippen LogP contribution >= 0.6 is 22.9 Å². The first-order valence-corrected chi connectivity index (χ1v) is 10.4. The summed E-state index contributed by atoms with van der Waals surface area (Å²) in [5.74, 6) is 2.21. The minimum absolute atomic E-state index is 0.586. The number of ether oxygens (including phenoxy) is 1. The number of nitrogens with two attached hydrogens (primary N) is 1. The molecule has 27 heavy (non-hydrogen) atoms. The lowest BCUT2D eigenvalue weighted by molar-refractivity contribution is 0.230. The van der Waals surface area contributed by atoms with Crippen molar-refractivity contribution in [2.45, 2.75) is 32.2 Å². The smallest absolute Gasteiger partial charge is 0.146 e. The lowest BCUT2D eigenvalue weighted by atomic mass is 9.97. The van der Waals surface area contributed by atoms with Gasteiger partial charge in [-0.2, -0.15) is 0 Å². The molecule has 1 aliphatic rings. The Hall–Kier alpha value is -1.89. The first kappa shape index (κ1) is 18.5. The van der Waals surface area contributed by atoms with E-state index in [1.807, 2.05) is 31.3 Å². The number of anilines is 1. The van der Waals surface area contributed by atoms with E-state index >= 15 is 0 Å². The van der Waals surface area contributed by atoms with Gasteiger partial charge in [0, 0.05) is 16.4 Å². The zero-order valence-electron chi connectivity index (χ0n) is 15.4. The lowest BCUT2D eigenvalue weighted by Gasteiger charge is -2.16. The van der Waals surface area contributed by atoms with Gasteiger partial charge in [-0.15, -0.1) is 11.3 Å². The molecule has 1 aliphatic carbocycles. The maximum absolute atomic E-state index is 6.29. The fourth-order valence-electron chi connectivity index (χ4n) is 3.47. The van der Waals surface area contributed by atoms with E-state index in [-0.39, 0.29) is 0 Å². The van der Waals surface area contributed by atoms with Crippen molar-refractivity contribution in [2.75, 3.05) is 25.9 Å². The minimum atomic E-state index is 0.586. The average Bonchev–Trinajstić information content (AvgIpc) is 3.02. The van der Waals surface area contributed by atoms with Crippen LogP contribution in [0.4, 0.5) is 5.82 Å². The van der Waals surface area contributed by atoms with Crippen molar-refractivity contribution in [2.24, 2.45) is 0 Å². The van der Waals surface area contributed by atoms with Crippen molar-refractivity contribution in [3.05, 3.63) is 45.6 Å². The van der Waals surface area contributed by atoms with Crippen LogP contribution in [0.5, 0.6) is 5.75 Å². The third-order valence-electron chi connectivity index (χ3n) is 4.86. The molecule has 0 bridgehead atoms. The number of thiophene rings is 1. The van der Waals surface area contributed by atoms with Gasteiger partial charge in [-0.3, -0.25) is 4.90 Å². The molecule has 3 aromatic rings. The van der Waals surface area contributed by atoms with Crippen molar-refractivity contribution in [3.8, 4) is 5.75 Å². The van der Waals surface area contributed by atoms with Gasteiger partial charge in [0.1, 0.15) is 28.8 Å². The summed E-state index contributed by atoms with van der Waals surface area (Å²) in [5.41, 5.74) is 7.68. The Labute approximate surface area is 168 Å². The van der Waals surface area contributed by atoms with Gasteiger partial charge in [-0.1, -0.05) is 11.6 Å². The second kappa shape index (κ2) is 8.00. The lowest BCUT2D eigenvalue weighted by Crippen LogP contribution is -2.25. The summed E-state index contributed by atoms with van der Waals surface area (Å²) in [5, 5.41) is 1.80. The number of hydrogen-bond acceptors (Lipinski definition) is 6. The van der Waals surface area contributed by atoms with Gasteiger partial charge in [-0.05, 0) is 62.6 Å². The predicted molar refractivity (Wildman–Crippen MR) is 112 cm³/mol. The van der Waals surface area contributed by atoms with E-state index in [1.165, 1.54) is 23.3 Å². The molecule has 0 amide bonds. The van der Waals surface area contributed by atoms with Crippen LogP contribution in [0.15, 0.2) is 24.3 Å². The molecular weight excluding hydrogens is 380 g/mol. The Morgan fingerprint density at radius 1 is 1.19 bits per heavy atom. The van der Waals surface area contributed by atoms with Gasteiger partial charge in [0.05, 0.1) is 11.9 Å². The highest BCUT2D eigenvalue weighted by Gasteiger charge is 2.20. The van der Waals surface area contributed by atoms with E-state index in [0.29, 0.717) is 24.0 Å². The number of nitrogens with zero attached hydrogens (tertiary/aromatic N) is 3. The monoisotopic (exact) mass is 402 g/mol. The van der Waals surface area contributed by atoms with Crippen LogP contribution in [0, 0.1) is 0 Å².